The lowest BCUT2D eigenvalue weighted by Gasteiger charge is -2.23. The predicted molar refractivity (Wildman–Crippen MR) is 79.2 cm³/mol. The molecule has 0 saturated heterocycles. The number of esters is 1. The maximum absolute atomic E-state index is 11.9. The van der Waals surface area contributed by atoms with Gasteiger partial charge in [-0.1, -0.05) is 44.2 Å². The van der Waals surface area contributed by atoms with Crippen LogP contribution in [0.1, 0.15) is 25.8 Å². The van der Waals surface area contributed by atoms with E-state index in [4.69, 9.17) is 9.84 Å². The molecule has 0 amide bonds. The second-order valence-electron chi connectivity index (χ2n) is 4.96. The molecular weight excluding hydrogens is 254 g/mol. The molecule has 0 fully saturated rings. The highest BCUT2D eigenvalue weighted by molar-refractivity contribution is 5.72. The van der Waals surface area contributed by atoms with E-state index in [0.29, 0.717) is 13.2 Å². The van der Waals surface area contributed by atoms with Crippen LogP contribution in [-0.4, -0.2) is 42.2 Å². The van der Waals surface area contributed by atoms with Gasteiger partial charge in [-0.05, 0) is 18.5 Å². The first-order chi connectivity index (χ1) is 9.67. The summed E-state index contributed by atoms with van der Waals surface area (Å²) in [7, 11) is 0. The maximum Gasteiger partial charge on any atom is 0.310 e. The van der Waals surface area contributed by atoms with E-state index in [0.717, 1.165) is 25.1 Å². The predicted octanol–water partition coefficient (Wildman–Crippen LogP) is 2.07. The van der Waals surface area contributed by atoms with E-state index in [1.54, 1.807) is 0 Å². The summed E-state index contributed by atoms with van der Waals surface area (Å²) in [5.74, 6) is -0.325. The fraction of sp³-hybridized carbons (Fsp3) is 0.562. The summed E-state index contributed by atoms with van der Waals surface area (Å²) in [6, 6.07) is 9.68. The van der Waals surface area contributed by atoms with Gasteiger partial charge < -0.3 is 14.7 Å². The molecule has 0 aromatic heterocycles. The van der Waals surface area contributed by atoms with Gasteiger partial charge in [0, 0.05) is 19.7 Å². The molecular formula is C16H25NO3. The van der Waals surface area contributed by atoms with E-state index >= 15 is 0 Å². The van der Waals surface area contributed by atoms with E-state index in [2.05, 4.69) is 11.8 Å². The van der Waals surface area contributed by atoms with Crippen molar-refractivity contribution >= 4 is 5.97 Å². The Labute approximate surface area is 121 Å². The third-order valence-electron chi connectivity index (χ3n) is 3.24. The van der Waals surface area contributed by atoms with E-state index in [1.807, 2.05) is 37.3 Å². The normalized spacial score (nSPS) is 12.4. The van der Waals surface area contributed by atoms with Gasteiger partial charge in [0.15, 0.2) is 0 Å². The molecule has 4 nitrogen and oxygen atoms in total. The number of aliphatic hydroxyl groups excluding tert-OH is 1. The molecule has 0 saturated carbocycles. The number of hydrogen-bond donors (Lipinski definition) is 1. The second kappa shape index (κ2) is 9.50. The van der Waals surface area contributed by atoms with Gasteiger partial charge in [0.05, 0.1) is 5.92 Å². The first-order valence-corrected chi connectivity index (χ1v) is 7.21. The number of ether oxygens (including phenoxy) is 1. The summed E-state index contributed by atoms with van der Waals surface area (Å²) in [4.78, 5) is 14.1. The summed E-state index contributed by atoms with van der Waals surface area (Å²) < 4.78 is 5.32. The molecule has 1 aromatic carbocycles. The van der Waals surface area contributed by atoms with E-state index in [1.165, 1.54) is 0 Å². The van der Waals surface area contributed by atoms with Gasteiger partial charge in [-0.15, -0.1) is 0 Å². The zero-order valence-corrected chi connectivity index (χ0v) is 12.4. The molecule has 0 aliphatic heterocycles. The Morgan fingerprint density at radius 1 is 1.35 bits per heavy atom. The summed E-state index contributed by atoms with van der Waals surface area (Å²) in [5.41, 5.74) is 1.00. The highest BCUT2D eigenvalue weighted by Gasteiger charge is 2.17. The number of carbonyl (C=O) groups excluding carboxylic acids is 1. The highest BCUT2D eigenvalue weighted by atomic mass is 16.5. The molecule has 0 aliphatic carbocycles. The van der Waals surface area contributed by atoms with Crippen LogP contribution in [0.15, 0.2) is 30.3 Å². The van der Waals surface area contributed by atoms with Gasteiger partial charge in [0.2, 0.25) is 0 Å². The van der Waals surface area contributed by atoms with Crippen molar-refractivity contribution in [1.29, 1.82) is 0 Å². The fourth-order valence-corrected chi connectivity index (χ4v) is 2.01. The number of aliphatic hydroxyl groups is 1. The lowest BCUT2D eigenvalue weighted by atomic mass is 10.1. The molecule has 20 heavy (non-hydrogen) atoms. The molecule has 0 aliphatic rings. The quantitative estimate of drug-likeness (QED) is 0.703. The molecule has 1 atom stereocenters. The average Bonchev–Trinajstić information content (AvgIpc) is 2.49. The van der Waals surface area contributed by atoms with Gasteiger partial charge in [0.25, 0.3) is 0 Å². The van der Waals surface area contributed by atoms with Crippen LogP contribution in [0.25, 0.3) is 0 Å². The van der Waals surface area contributed by atoms with Crippen molar-refractivity contribution in [3.8, 4) is 0 Å². The molecule has 1 unspecified atom stereocenters. The monoisotopic (exact) mass is 279 g/mol. The first-order valence-electron chi connectivity index (χ1n) is 7.21. The van der Waals surface area contributed by atoms with Crippen molar-refractivity contribution in [1.82, 2.24) is 4.90 Å². The van der Waals surface area contributed by atoms with Crippen molar-refractivity contribution in [2.45, 2.75) is 26.9 Å². The fourth-order valence-electron chi connectivity index (χ4n) is 2.01. The van der Waals surface area contributed by atoms with Gasteiger partial charge in [-0.25, -0.2) is 0 Å². The first kappa shape index (κ1) is 16.7. The topological polar surface area (TPSA) is 49.8 Å². The molecule has 0 heterocycles. The van der Waals surface area contributed by atoms with Gasteiger partial charge >= 0.3 is 5.97 Å². The Bertz CT molecular complexity index is 381. The van der Waals surface area contributed by atoms with Crippen LogP contribution in [0.5, 0.6) is 0 Å². The van der Waals surface area contributed by atoms with Crippen molar-refractivity contribution in [3.63, 3.8) is 0 Å². The van der Waals surface area contributed by atoms with E-state index in [-0.39, 0.29) is 18.5 Å². The van der Waals surface area contributed by atoms with Crippen LogP contribution in [0.2, 0.25) is 0 Å². The third kappa shape index (κ3) is 6.17. The molecule has 0 bridgehead atoms. The summed E-state index contributed by atoms with van der Waals surface area (Å²) >= 11 is 0. The van der Waals surface area contributed by atoms with Gasteiger partial charge in [0.1, 0.15) is 6.61 Å². The number of carbonyl (C=O) groups is 1. The number of nitrogens with zero attached hydrogens (tertiary/aromatic N) is 1. The minimum Gasteiger partial charge on any atom is -0.461 e. The Hall–Kier alpha value is -1.39. The zero-order chi connectivity index (χ0) is 14.8. The van der Waals surface area contributed by atoms with Crippen LogP contribution in [-0.2, 0) is 16.1 Å². The van der Waals surface area contributed by atoms with Crippen LogP contribution >= 0.6 is 0 Å². The lowest BCUT2D eigenvalue weighted by Crippen LogP contribution is -2.33. The minimum absolute atomic E-state index is 0.155. The zero-order valence-electron chi connectivity index (χ0n) is 12.4. The Kier molecular flexibility index (Phi) is 7.92. The van der Waals surface area contributed by atoms with Crippen molar-refractivity contribution in [3.05, 3.63) is 35.9 Å². The largest absolute Gasteiger partial charge is 0.461 e. The summed E-state index contributed by atoms with van der Waals surface area (Å²) in [5, 5.41) is 8.85. The molecule has 0 spiro atoms. The standard InChI is InChI=1S/C16H25NO3/c1-3-17(10-7-11-18)12-14(2)16(19)20-13-15-8-5-4-6-9-15/h4-6,8-9,14,18H,3,7,10-13H2,1-2H3. The number of benzene rings is 1. The molecule has 1 rings (SSSR count). The Morgan fingerprint density at radius 2 is 2.05 bits per heavy atom. The van der Waals surface area contributed by atoms with E-state index < -0.39 is 0 Å². The van der Waals surface area contributed by atoms with Crippen molar-refractivity contribution in [2.24, 2.45) is 5.92 Å². The minimum atomic E-state index is -0.170. The smallest absolute Gasteiger partial charge is 0.310 e. The van der Waals surface area contributed by atoms with Crippen LogP contribution in [0.3, 0.4) is 0 Å². The van der Waals surface area contributed by atoms with Gasteiger partial charge in [-0.3, -0.25) is 4.79 Å². The lowest BCUT2D eigenvalue weighted by molar-refractivity contribution is -0.149. The van der Waals surface area contributed by atoms with Crippen LogP contribution in [0, 0.1) is 5.92 Å². The van der Waals surface area contributed by atoms with Gasteiger partial charge in [-0.2, -0.15) is 0 Å². The van der Waals surface area contributed by atoms with Crippen molar-refractivity contribution < 1.29 is 14.6 Å². The van der Waals surface area contributed by atoms with E-state index in [9.17, 15) is 4.79 Å². The number of hydrogen-bond acceptors (Lipinski definition) is 4. The molecule has 112 valence electrons. The maximum atomic E-state index is 11.9. The molecule has 4 heteroatoms. The van der Waals surface area contributed by atoms with Crippen molar-refractivity contribution in [2.75, 3.05) is 26.2 Å². The molecule has 1 N–H and O–H groups in total. The average molecular weight is 279 g/mol. The van der Waals surface area contributed by atoms with Crippen LogP contribution in [0.4, 0.5) is 0 Å². The number of rotatable bonds is 9. The SMILES string of the molecule is CCN(CCCO)CC(C)C(=O)OCc1ccccc1. The molecule has 0 radical (unpaired) electrons. The summed E-state index contributed by atoms with van der Waals surface area (Å²) in [6.45, 7) is 6.80. The van der Waals surface area contributed by atoms with Crippen LogP contribution < -0.4 is 0 Å². The molecule has 1 aromatic rings. The summed E-state index contributed by atoms with van der Waals surface area (Å²) in [6.07, 6.45) is 0.736. The Morgan fingerprint density at radius 3 is 2.65 bits per heavy atom. The highest BCUT2D eigenvalue weighted by Crippen LogP contribution is 2.07. The third-order valence-corrected chi connectivity index (χ3v) is 3.24. The second-order valence-corrected chi connectivity index (χ2v) is 4.96. The Balaban J connectivity index is 2.34.